The maximum Gasteiger partial charge on any atom is 0.530 e. The van der Waals surface area contributed by atoms with Gasteiger partial charge in [-0.1, -0.05) is 197 Å². The molecule has 0 aliphatic heterocycles. The zero-order valence-corrected chi connectivity index (χ0v) is 46.0. The van der Waals surface area contributed by atoms with Gasteiger partial charge in [0.15, 0.2) is 0 Å². The second-order valence-corrected chi connectivity index (χ2v) is 24.5. The van der Waals surface area contributed by atoms with Crippen LogP contribution in [-0.4, -0.2) is 0 Å². The third-order valence-corrected chi connectivity index (χ3v) is 17.7. The van der Waals surface area contributed by atoms with E-state index in [4.69, 9.17) is 13.6 Å². The predicted molar refractivity (Wildman–Crippen MR) is 293 cm³/mol. The van der Waals surface area contributed by atoms with Crippen molar-refractivity contribution in [3.8, 4) is 28.4 Å². The van der Waals surface area contributed by atoms with Crippen molar-refractivity contribution >= 4 is 30.1 Å². The average Bonchev–Trinajstić information content (AvgIpc) is 3.30. The molecule has 0 fully saturated rings. The molecule has 0 unspecified atom stereocenters. The number of hydrogen-bond donors (Lipinski definition) is 0. The SMILES string of the molecule is CCC(C)(C)c1cc(C(C)(C)CC)c2cc(OP(Oc3ccccc3-c3ccc(C)cc3)Oc3cc4c(C(C)(C)CC)cc(C(C)(C)CC)cc4cc3C(C)(C)CC)c(C(C)(C)CC)cc2c1. The summed E-state index contributed by atoms with van der Waals surface area (Å²) in [6.45, 7) is 44.3. The van der Waals surface area contributed by atoms with Crippen LogP contribution in [0.1, 0.15) is 202 Å². The zero-order valence-electron chi connectivity index (χ0n) is 45.2. The summed E-state index contributed by atoms with van der Waals surface area (Å²) in [7, 11) is -2.09. The zero-order chi connectivity index (χ0) is 49.5. The van der Waals surface area contributed by atoms with Crippen LogP contribution in [0, 0.1) is 6.92 Å². The molecule has 0 aliphatic carbocycles. The third kappa shape index (κ3) is 10.8. The minimum absolute atomic E-state index is 0.0347. The van der Waals surface area contributed by atoms with Gasteiger partial charge in [0, 0.05) is 16.7 Å². The van der Waals surface area contributed by atoms with Gasteiger partial charge in [-0.3, -0.25) is 0 Å². The summed E-state index contributed by atoms with van der Waals surface area (Å²) in [6, 6.07) is 36.3. The van der Waals surface area contributed by atoms with Crippen LogP contribution in [0.15, 0.2) is 97.1 Å². The lowest BCUT2D eigenvalue weighted by Crippen LogP contribution is -2.22. The standard InChI is InChI=1S/C63H85O3P/c1-20-58(8,9)46-34-44-36-53(62(16,17)24-5)56(40-49(44)51(38-46)60(12,13)22-3)65-67(64-55-29-27-26-28-48(55)43-32-30-42(7)31-33-43)66-57-41-50-45(37-54(57)63(18,19)25-6)35-47(59(10,11)21-2)39-52(50)61(14,15)23-4/h26-41H,20-25H2,1-19H3. The van der Waals surface area contributed by atoms with Crippen LogP contribution in [0.25, 0.3) is 32.7 Å². The highest BCUT2D eigenvalue weighted by Crippen LogP contribution is 2.53. The lowest BCUT2D eigenvalue weighted by molar-refractivity contribution is 0.373. The highest BCUT2D eigenvalue weighted by Gasteiger charge is 2.35. The highest BCUT2D eigenvalue weighted by molar-refractivity contribution is 7.43. The number of rotatable bonds is 19. The Kier molecular flexibility index (Phi) is 15.2. The first-order chi connectivity index (χ1) is 31.3. The summed E-state index contributed by atoms with van der Waals surface area (Å²) < 4.78 is 22.3. The van der Waals surface area contributed by atoms with Gasteiger partial charge >= 0.3 is 8.60 Å². The molecule has 0 heterocycles. The molecular formula is C63H85O3P. The maximum absolute atomic E-state index is 7.51. The van der Waals surface area contributed by atoms with E-state index in [0.29, 0.717) is 0 Å². The predicted octanol–water partition coefficient (Wildman–Crippen LogP) is 19.9. The minimum atomic E-state index is -2.09. The van der Waals surface area contributed by atoms with Crippen LogP contribution in [0.2, 0.25) is 0 Å². The van der Waals surface area contributed by atoms with E-state index in [-0.39, 0.29) is 32.5 Å². The van der Waals surface area contributed by atoms with E-state index in [1.165, 1.54) is 49.4 Å². The fraction of sp³-hybridized carbons (Fsp3) is 0.492. The van der Waals surface area contributed by atoms with Gasteiger partial charge in [0.05, 0.1) is 0 Å². The van der Waals surface area contributed by atoms with E-state index in [0.717, 1.165) is 78.0 Å². The number of hydrogen-bond acceptors (Lipinski definition) is 3. The van der Waals surface area contributed by atoms with Gasteiger partial charge < -0.3 is 13.6 Å². The lowest BCUT2D eigenvalue weighted by Gasteiger charge is -2.33. The van der Waals surface area contributed by atoms with Gasteiger partial charge in [-0.25, -0.2) is 0 Å². The van der Waals surface area contributed by atoms with Crippen molar-refractivity contribution in [1.82, 2.24) is 0 Å². The molecule has 0 saturated heterocycles. The Morgan fingerprint density at radius 3 is 1.12 bits per heavy atom. The summed E-state index contributed by atoms with van der Waals surface area (Å²) in [5.41, 5.74) is 10.6. The van der Waals surface area contributed by atoms with E-state index >= 15 is 0 Å². The van der Waals surface area contributed by atoms with Crippen LogP contribution >= 0.6 is 8.60 Å². The van der Waals surface area contributed by atoms with E-state index in [1.54, 1.807) is 0 Å². The first-order valence-corrected chi connectivity index (χ1v) is 26.6. The molecule has 0 saturated carbocycles. The second kappa shape index (κ2) is 19.6. The van der Waals surface area contributed by atoms with E-state index in [9.17, 15) is 0 Å². The van der Waals surface area contributed by atoms with Crippen LogP contribution in [0.5, 0.6) is 17.2 Å². The Bertz CT molecular complexity index is 2550. The van der Waals surface area contributed by atoms with Crippen molar-refractivity contribution in [1.29, 1.82) is 0 Å². The molecule has 0 aromatic heterocycles. The molecule has 360 valence electrons. The van der Waals surface area contributed by atoms with E-state index < -0.39 is 8.60 Å². The van der Waals surface area contributed by atoms with Crippen LogP contribution in [0.3, 0.4) is 0 Å². The van der Waals surface area contributed by atoms with Crippen LogP contribution < -0.4 is 13.6 Å². The largest absolute Gasteiger partial charge is 0.530 e. The number of benzene rings is 6. The molecular weight excluding hydrogens is 836 g/mol. The van der Waals surface area contributed by atoms with Gasteiger partial charge in [0.2, 0.25) is 0 Å². The van der Waals surface area contributed by atoms with Crippen molar-refractivity contribution in [2.45, 2.75) is 203 Å². The average molecular weight is 921 g/mol. The Morgan fingerprint density at radius 2 is 0.731 bits per heavy atom. The maximum atomic E-state index is 7.51. The lowest BCUT2D eigenvalue weighted by atomic mass is 9.73. The summed E-state index contributed by atoms with van der Waals surface area (Å²) >= 11 is 0. The molecule has 6 aromatic carbocycles. The molecule has 6 rings (SSSR count). The number of para-hydroxylation sites is 1. The number of fused-ring (bicyclic) bond motifs is 2. The molecule has 0 bridgehead atoms. The molecule has 0 amide bonds. The molecule has 0 radical (unpaired) electrons. The normalized spacial score (nSPS) is 13.2. The molecule has 6 aromatic rings. The summed E-state index contributed by atoms with van der Waals surface area (Å²) in [5, 5.41) is 4.96. The highest BCUT2D eigenvalue weighted by atomic mass is 31.2. The molecule has 4 heteroatoms. The van der Waals surface area contributed by atoms with E-state index in [1.807, 2.05) is 6.07 Å². The molecule has 3 nitrogen and oxygen atoms in total. The van der Waals surface area contributed by atoms with Crippen LogP contribution in [-0.2, 0) is 32.5 Å². The quantitative estimate of drug-likeness (QED) is 0.0758. The van der Waals surface area contributed by atoms with Gasteiger partial charge in [0.1, 0.15) is 17.2 Å². The van der Waals surface area contributed by atoms with Crippen molar-refractivity contribution in [3.05, 3.63) is 136 Å². The molecule has 0 aliphatic rings. The summed E-state index contributed by atoms with van der Waals surface area (Å²) in [5.74, 6) is 2.35. The molecule has 67 heavy (non-hydrogen) atoms. The Labute approximate surface area is 408 Å². The second-order valence-electron chi connectivity index (χ2n) is 23.5. The Balaban J connectivity index is 1.67. The molecule has 0 atom stereocenters. The van der Waals surface area contributed by atoms with E-state index in [2.05, 4.69) is 223 Å². The summed E-state index contributed by atoms with van der Waals surface area (Å²) in [6.07, 6.45) is 6.01. The Morgan fingerprint density at radius 1 is 0.373 bits per heavy atom. The molecule has 0 spiro atoms. The van der Waals surface area contributed by atoms with Crippen LogP contribution in [0.4, 0.5) is 0 Å². The van der Waals surface area contributed by atoms with Crippen molar-refractivity contribution in [3.63, 3.8) is 0 Å². The van der Waals surface area contributed by atoms with Gasteiger partial charge in [0.25, 0.3) is 0 Å². The van der Waals surface area contributed by atoms with Crippen molar-refractivity contribution < 1.29 is 13.6 Å². The monoisotopic (exact) mass is 921 g/mol. The third-order valence-electron chi connectivity index (χ3n) is 16.7. The number of aryl methyl sites for hydroxylation is 1. The first kappa shape index (κ1) is 52.0. The fourth-order valence-corrected chi connectivity index (χ4v) is 9.93. The molecule has 0 N–H and O–H groups in total. The minimum Gasteiger partial charge on any atom is -0.408 e. The van der Waals surface area contributed by atoms with Gasteiger partial charge in [-0.15, -0.1) is 0 Å². The fourth-order valence-electron chi connectivity index (χ4n) is 8.88. The summed E-state index contributed by atoms with van der Waals surface area (Å²) in [4.78, 5) is 0. The topological polar surface area (TPSA) is 27.7 Å². The Hall–Kier alpha value is -4.33. The van der Waals surface area contributed by atoms with Crippen molar-refractivity contribution in [2.75, 3.05) is 0 Å². The van der Waals surface area contributed by atoms with Crippen molar-refractivity contribution in [2.24, 2.45) is 0 Å². The first-order valence-electron chi connectivity index (χ1n) is 25.5. The van der Waals surface area contributed by atoms with Gasteiger partial charge in [-0.05, 0) is 158 Å². The van der Waals surface area contributed by atoms with Gasteiger partial charge in [-0.2, -0.15) is 0 Å². The smallest absolute Gasteiger partial charge is 0.408 e.